The Morgan fingerprint density at radius 2 is 1.89 bits per heavy atom. The van der Waals surface area contributed by atoms with Crippen LogP contribution in [0, 0.1) is 6.92 Å². The molecule has 0 saturated carbocycles. The highest BCUT2D eigenvalue weighted by atomic mass is 79.9. The molecule has 3 rings (SSSR count). The highest BCUT2D eigenvalue weighted by molar-refractivity contribution is 9.10. The molecule has 0 fully saturated rings. The Kier molecular flexibility index (Phi) is 5.10. The summed E-state index contributed by atoms with van der Waals surface area (Å²) < 4.78 is 6.46. The molecule has 4 nitrogen and oxygen atoms in total. The number of halogens is 1. The second kappa shape index (κ2) is 6.93. The molecule has 0 atom stereocenters. The SMILES string of the molecule is Cc1ccc(Cc2cc3c(nc2Br)C(C)(C)CN3C(=O)OC(C)(C)C)cc1. The van der Waals surface area contributed by atoms with E-state index in [2.05, 4.69) is 67.0 Å². The molecule has 2 heterocycles. The molecule has 0 bridgehead atoms. The van der Waals surface area contributed by atoms with Crippen LogP contribution in [0.25, 0.3) is 0 Å². The van der Waals surface area contributed by atoms with Crippen LogP contribution in [0.4, 0.5) is 10.5 Å². The van der Waals surface area contributed by atoms with Crippen LogP contribution in [0.1, 0.15) is 57.0 Å². The number of aromatic nitrogens is 1. The molecule has 1 amide bonds. The Balaban J connectivity index is 1.97. The number of rotatable bonds is 2. The summed E-state index contributed by atoms with van der Waals surface area (Å²) in [6.45, 7) is 12.5. The second-order valence-corrected chi connectivity index (χ2v) is 9.67. The molecule has 1 aromatic carbocycles. The molecular formula is C22H27BrN2O2. The van der Waals surface area contributed by atoms with Gasteiger partial charge in [-0.05, 0) is 60.8 Å². The number of carbonyl (C=O) groups excluding carboxylic acids is 1. The van der Waals surface area contributed by atoms with Crippen molar-refractivity contribution in [3.63, 3.8) is 0 Å². The van der Waals surface area contributed by atoms with E-state index in [0.717, 1.165) is 28.0 Å². The molecule has 0 N–H and O–H groups in total. The van der Waals surface area contributed by atoms with Crippen molar-refractivity contribution >= 4 is 27.7 Å². The van der Waals surface area contributed by atoms with Crippen LogP contribution in [0.3, 0.4) is 0 Å². The zero-order valence-corrected chi connectivity index (χ0v) is 18.5. The fourth-order valence-electron chi connectivity index (χ4n) is 3.31. The first-order valence-electron chi connectivity index (χ1n) is 9.22. The lowest BCUT2D eigenvalue weighted by Crippen LogP contribution is -2.38. The van der Waals surface area contributed by atoms with Crippen LogP contribution in [-0.4, -0.2) is 23.2 Å². The highest BCUT2D eigenvalue weighted by Crippen LogP contribution is 2.42. The van der Waals surface area contributed by atoms with Crippen LogP contribution < -0.4 is 4.90 Å². The summed E-state index contributed by atoms with van der Waals surface area (Å²) in [5.41, 5.74) is 4.53. The van der Waals surface area contributed by atoms with Crippen molar-refractivity contribution < 1.29 is 9.53 Å². The molecule has 2 aromatic rings. The van der Waals surface area contributed by atoms with E-state index in [0.29, 0.717) is 6.54 Å². The number of pyridine rings is 1. The summed E-state index contributed by atoms with van der Waals surface area (Å²) in [5, 5.41) is 0. The number of hydrogen-bond acceptors (Lipinski definition) is 3. The van der Waals surface area contributed by atoms with E-state index in [9.17, 15) is 4.79 Å². The first-order chi connectivity index (χ1) is 12.5. The molecule has 0 unspecified atom stereocenters. The number of anilines is 1. The predicted octanol–water partition coefficient (Wildman–Crippen LogP) is 5.78. The lowest BCUT2D eigenvalue weighted by Gasteiger charge is -2.25. The van der Waals surface area contributed by atoms with Gasteiger partial charge in [0.15, 0.2) is 0 Å². The molecule has 0 radical (unpaired) electrons. The highest BCUT2D eigenvalue weighted by Gasteiger charge is 2.41. The van der Waals surface area contributed by atoms with Crippen molar-refractivity contribution in [2.45, 2.75) is 59.0 Å². The second-order valence-electron chi connectivity index (χ2n) is 8.92. The van der Waals surface area contributed by atoms with Crippen LogP contribution in [0.2, 0.25) is 0 Å². The number of nitrogens with zero attached hydrogens (tertiary/aromatic N) is 2. The number of carbonyl (C=O) groups is 1. The molecule has 1 aliphatic rings. The van der Waals surface area contributed by atoms with Crippen molar-refractivity contribution in [2.24, 2.45) is 0 Å². The fraction of sp³-hybridized carbons (Fsp3) is 0.455. The van der Waals surface area contributed by atoms with Crippen LogP contribution in [-0.2, 0) is 16.6 Å². The minimum absolute atomic E-state index is 0.225. The van der Waals surface area contributed by atoms with E-state index in [1.54, 1.807) is 4.90 Å². The molecule has 1 aromatic heterocycles. The molecule has 144 valence electrons. The van der Waals surface area contributed by atoms with Crippen molar-refractivity contribution in [1.29, 1.82) is 0 Å². The normalized spacial score (nSPS) is 15.6. The average molecular weight is 431 g/mol. The summed E-state index contributed by atoms with van der Waals surface area (Å²) in [7, 11) is 0. The van der Waals surface area contributed by atoms with Gasteiger partial charge in [0.25, 0.3) is 0 Å². The van der Waals surface area contributed by atoms with Crippen molar-refractivity contribution in [3.05, 3.63) is 57.3 Å². The Labute approximate surface area is 170 Å². The summed E-state index contributed by atoms with van der Waals surface area (Å²) in [5.74, 6) is 0. The maximum atomic E-state index is 12.8. The Bertz CT molecular complexity index is 867. The minimum atomic E-state index is -0.530. The van der Waals surface area contributed by atoms with Gasteiger partial charge in [0.05, 0.1) is 11.4 Å². The minimum Gasteiger partial charge on any atom is -0.443 e. The molecule has 1 aliphatic heterocycles. The molecule has 0 aliphatic carbocycles. The lowest BCUT2D eigenvalue weighted by molar-refractivity contribution is 0.0579. The van der Waals surface area contributed by atoms with Crippen molar-refractivity contribution in [1.82, 2.24) is 4.98 Å². The maximum Gasteiger partial charge on any atom is 0.414 e. The van der Waals surface area contributed by atoms with Gasteiger partial charge >= 0.3 is 6.09 Å². The topological polar surface area (TPSA) is 42.4 Å². The first kappa shape index (κ1) is 19.9. The number of hydrogen-bond donors (Lipinski definition) is 0. The zero-order valence-electron chi connectivity index (χ0n) is 16.9. The summed E-state index contributed by atoms with van der Waals surface area (Å²) in [4.78, 5) is 19.3. The summed E-state index contributed by atoms with van der Waals surface area (Å²) >= 11 is 3.63. The van der Waals surface area contributed by atoms with Gasteiger partial charge < -0.3 is 4.74 Å². The largest absolute Gasteiger partial charge is 0.443 e. The first-order valence-corrected chi connectivity index (χ1v) is 10.0. The molecule has 0 saturated heterocycles. The summed E-state index contributed by atoms with van der Waals surface area (Å²) in [6.07, 6.45) is 0.434. The molecule has 5 heteroatoms. The van der Waals surface area contributed by atoms with Gasteiger partial charge in [0.1, 0.15) is 10.2 Å². The van der Waals surface area contributed by atoms with Crippen molar-refractivity contribution in [2.75, 3.05) is 11.4 Å². The van der Waals surface area contributed by atoms with Crippen molar-refractivity contribution in [3.8, 4) is 0 Å². The Morgan fingerprint density at radius 1 is 1.26 bits per heavy atom. The number of fused-ring (bicyclic) bond motifs is 1. The lowest BCUT2D eigenvalue weighted by atomic mass is 9.91. The number of aryl methyl sites for hydroxylation is 1. The van der Waals surface area contributed by atoms with Gasteiger partial charge in [-0.15, -0.1) is 0 Å². The van der Waals surface area contributed by atoms with E-state index in [4.69, 9.17) is 9.72 Å². The third-order valence-corrected chi connectivity index (χ3v) is 5.33. The van der Waals surface area contributed by atoms with Gasteiger partial charge in [0.2, 0.25) is 0 Å². The van der Waals surface area contributed by atoms with E-state index in [1.807, 2.05) is 20.8 Å². The van der Waals surface area contributed by atoms with E-state index >= 15 is 0 Å². The number of benzene rings is 1. The van der Waals surface area contributed by atoms with E-state index in [-0.39, 0.29) is 11.5 Å². The van der Waals surface area contributed by atoms with Crippen LogP contribution in [0.15, 0.2) is 34.9 Å². The standard InChI is InChI=1S/C22H27BrN2O2/c1-14-7-9-15(10-8-14)11-16-12-17-18(24-19(16)23)22(5,6)13-25(17)20(26)27-21(2,3)4/h7-10,12H,11,13H2,1-6H3. The third-order valence-electron chi connectivity index (χ3n) is 4.64. The van der Waals surface area contributed by atoms with Gasteiger partial charge in [-0.25, -0.2) is 9.78 Å². The monoisotopic (exact) mass is 430 g/mol. The van der Waals surface area contributed by atoms with Gasteiger partial charge in [-0.1, -0.05) is 43.7 Å². The van der Waals surface area contributed by atoms with Crippen LogP contribution >= 0.6 is 15.9 Å². The van der Waals surface area contributed by atoms with E-state index in [1.165, 1.54) is 11.1 Å². The van der Waals surface area contributed by atoms with Gasteiger partial charge in [0, 0.05) is 18.4 Å². The zero-order chi connectivity index (χ0) is 20.0. The molecular weight excluding hydrogens is 404 g/mol. The molecule has 27 heavy (non-hydrogen) atoms. The Morgan fingerprint density at radius 3 is 2.48 bits per heavy atom. The predicted molar refractivity (Wildman–Crippen MR) is 113 cm³/mol. The maximum absolute atomic E-state index is 12.8. The quantitative estimate of drug-likeness (QED) is 0.567. The number of amides is 1. The molecule has 0 spiro atoms. The number of ether oxygens (including phenoxy) is 1. The third kappa shape index (κ3) is 4.34. The van der Waals surface area contributed by atoms with E-state index < -0.39 is 5.60 Å². The smallest absolute Gasteiger partial charge is 0.414 e. The fourth-order valence-corrected chi connectivity index (χ4v) is 3.74. The van der Waals surface area contributed by atoms with Crippen LogP contribution in [0.5, 0.6) is 0 Å². The summed E-state index contributed by atoms with van der Waals surface area (Å²) in [6, 6.07) is 10.6. The van der Waals surface area contributed by atoms with Gasteiger partial charge in [-0.3, -0.25) is 4.90 Å². The van der Waals surface area contributed by atoms with Gasteiger partial charge in [-0.2, -0.15) is 0 Å². The average Bonchev–Trinajstić information content (AvgIpc) is 2.80. The Hall–Kier alpha value is -1.88.